The summed E-state index contributed by atoms with van der Waals surface area (Å²) in [7, 11) is 0. The smallest absolute Gasteiger partial charge is 0.150 e. The summed E-state index contributed by atoms with van der Waals surface area (Å²) in [6.45, 7) is 4.86. The molecule has 0 radical (unpaired) electrons. The fourth-order valence-corrected chi connectivity index (χ4v) is 3.55. The SMILES string of the molecule is CCCOc1ccc(C(N)CSc2nc(C)cs2)cc1. The van der Waals surface area contributed by atoms with E-state index in [4.69, 9.17) is 10.5 Å². The molecule has 3 nitrogen and oxygen atoms in total. The van der Waals surface area contributed by atoms with Gasteiger partial charge in [0.25, 0.3) is 0 Å². The van der Waals surface area contributed by atoms with Gasteiger partial charge in [-0.1, -0.05) is 30.8 Å². The van der Waals surface area contributed by atoms with Gasteiger partial charge in [0.05, 0.1) is 6.61 Å². The van der Waals surface area contributed by atoms with Crippen molar-refractivity contribution in [3.63, 3.8) is 0 Å². The molecule has 0 saturated heterocycles. The quantitative estimate of drug-likeness (QED) is 0.784. The Morgan fingerprint density at radius 1 is 1.35 bits per heavy atom. The first-order valence-corrected chi connectivity index (χ1v) is 8.59. The normalized spacial score (nSPS) is 12.3. The molecule has 5 heteroatoms. The molecule has 0 aliphatic heterocycles. The topological polar surface area (TPSA) is 48.1 Å². The fourth-order valence-electron chi connectivity index (χ4n) is 1.69. The number of hydrogen-bond acceptors (Lipinski definition) is 5. The highest BCUT2D eigenvalue weighted by Gasteiger charge is 2.08. The van der Waals surface area contributed by atoms with Crippen molar-refractivity contribution < 1.29 is 4.74 Å². The zero-order chi connectivity index (χ0) is 14.4. The summed E-state index contributed by atoms with van der Waals surface area (Å²) in [5.74, 6) is 1.74. The Balaban J connectivity index is 1.86. The van der Waals surface area contributed by atoms with Crippen LogP contribution in [0.3, 0.4) is 0 Å². The van der Waals surface area contributed by atoms with Gasteiger partial charge in [-0.2, -0.15) is 0 Å². The van der Waals surface area contributed by atoms with Crippen LogP contribution in [0.1, 0.15) is 30.6 Å². The van der Waals surface area contributed by atoms with Crippen molar-refractivity contribution in [2.45, 2.75) is 30.6 Å². The van der Waals surface area contributed by atoms with Gasteiger partial charge in [-0.25, -0.2) is 4.98 Å². The predicted octanol–water partition coefficient (Wildman–Crippen LogP) is 4.03. The van der Waals surface area contributed by atoms with E-state index in [1.54, 1.807) is 23.1 Å². The summed E-state index contributed by atoms with van der Waals surface area (Å²) in [4.78, 5) is 4.43. The molecule has 1 aromatic heterocycles. The molecule has 1 heterocycles. The molecule has 1 aromatic carbocycles. The second-order valence-corrected chi connectivity index (χ2v) is 6.72. The molecule has 108 valence electrons. The van der Waals surface area contributed by atoms with E-state index in [1.807, 2.05) is 31.2 Å². The first-order valence-electron chi connectivity index (χ1n) is 6.72. The molecule has 2 aromatic rings. The summed E-state index contributed by atoms with van der Waals surface area (Å²) in [5.41, 5.74) is 8.42. The van der Waals surface area contributed by atoms with Gasteiger partial charge in [0, 0.05) is 22.9 Å². The molecule has 20 heavy (non-hydrogen) atoms. The Bertz CT molecular complexity index is 525. The average molecular weight is 308 g/mol. The number of rotatable bonds is 7. The molecule has 0 amide bonds. The van der Waals surface area contributed by atoms with E-state index < -0.39 is 0 Å². The first kappa shape index (κ1) is 15.4. The number of thiazole rings is 1. The number of aryl methyl sites for hydroxylation is 1. The number of ether oxygens (including phenoxy) is 1. The number of thioether (sulfide) groups is 1. The van der Waals surface area contributed by atoms with Gasteiger partial charge in [-0.15, -0.1) is 11.3 Å². The number of hydrogen-bond donors (Lipinski definition) is 1. The molecule has 1 unspecified atom stereocenters. The Morgan fingerprint density at radius 2 is 2.10 bits per heavy atom. The van der Waals surface area contributed by atoms with Crippen molar-refractivity contribution in [1.29, 1.82) is 0 Å². The second kappa shape index (κ2) is 7.67. The van der Waals surface area contributed by atoms with Crippen molar-refractivity contribution in [2.24, 2.45) is 5.73 Å². The Hall–Kier alpha value is -1.04. The largest absolute Gasteiger partial charge is 0.494 e. The lowest BCUT2D eigenvalue weighted by Crippen LogP contribution is -2.12. The van der Waals surface area contributed by atoms with E-state index in [2.05, 4.69) is 17.3 Å². The van der Waals surface area contributed by atoms with E-state index in [1.165, 1.54) is 0 Å². The molecule has 0 aliphatic rings. The highest BCUT2D eigenvalue weighted by atomic mass is 32.2. The van der Waals surface area contributed by atoms with Crippen LogP contribution in [0.25, 0.3) is 0 Å². The maximum Gasteiger partial charge on any atom is 0.150 e. The maximum absolute atomic E-state index is 6.22. The van der Waals surface area contributed by atoms with Crippen LogP contribution < -0.4 is 10.5 Å². The predicted molar refractivity (Wildman–Crippen MR) is 86.7 cm³/mol. The zero-order valence-corrected chi connectivity index (χ0v) is 13.5. The van der Waals surface area contributed by atoms with E-state index in [0.29, 0.717) is 0 Å². The summed E-state index contributed by atoms with van der Waals surface area (Å²) in [5, 5.41) is 2.06. The third kappa shape index (κ3) is 4.51. The van der Waals surface area contributed by atoms with Crippen LogP contribution in [0, 0.1) is 6.92 Å². The molecule has 0 spiro atoms. The monoisotopic (exact) mass is 308 g/mol. The van der Waals surface area contributed by atoms with Crippen molar-refractivity contribution >= 4 is 23.1 Å². The van der Waals surface area contributed by atoms with Gasteiger partial charge in [0.2, 0.25) is 0 Å². The molecule has 2 N–H and O–H groups in total. The lowest BCUT2D eigenvalue weighted by molar-refractivity contribution is 0.317. The lowest BCUT2D eigenvalue weighted by atomic mass is 10.1. The summed E-state index contributed by atoms with van der Waals surface area (Å²) in [6, 6.07) is 8.09. The number of nitrogens with two attached hydrogens (primary N) is 1. The van der Waals surface area contributed by atoms with Crippen LogP contribution in [0.5, 0.6) is 5.75 Å². The highest BCUT2D eigenvalue weighted by Crippen LogP contribution is 2.27. The van der Waals surface area contributed by atoms with Crippen LogP contribution in [0.15, 0.2) is 34.0 Å². The van der Waals surface area contributed by atoms with Gasteiger partial charge >= 0.3 is 0 Å². The minimum atomic E-state index is 0.0180. The minimum absolute atomic E-state index is 0.0180. The number of aromatic nitrogens is 1. The Morgan fingerprint density at radius 3 is 2.70 bits per heavy atom. The van der Waals surface area contributed by atoms with E-state index in [-0.39, 0.29) is 6.04 Å². The third-order valence-electron chi connectivity index (χ3n) is 2.77. The zero-order valence-electron chi connectivity index (χ0n) is 11.8. The van der Waals surface area contributed by atoms with Crippen LogP contribution in [-0.4, -0.2) is 17.3 Å². The van der Waals surface area contributed by atoms with Crippen molar-refractivity contribution in [3.8, 4) is 5.75 Å². The first-order chi connectivity index (χ1) is 9.69. The van der Waals surface area contributed by atoms with Crippen molar-refractivity contribution in [1.82, 2.24) is 4.98 Å². The van der Waals surface area contributed by atoms with Crippen LogP contribution in [0.4, 0.5) is 0 Å². The molecule has 0 aliphatic carbocycles. The van der Waals surface area contributed by atoms with E-state index >= 15 is 0 Å². The van der Waals surface area contributed by atoms with Crippen LogP contribution >= 0.6 is 23.1 Å². The summed E-state index contributed by atoms with van der Waals surface area (Å²) >= 11 is 3.39. The fraction of sp³-hybridized carbons (Fsp3) is 0.400. The van der Waals surface area contributed by atoms with Crippen molar-refractivity contribution in [3.05, 3.63) is 40.9 Å². The number of nitrogens with zero attached hydrogens (tertiary/aromatic N) is 1. The average Bonchev–Trinajstić information content (AvgIpc) is 2.89. The lowest BCUT2D eigenvalue weighted by Gasteiger charge is -2.12. The summed E-state index contributed by atoms with van der Waals surface area (Å²) in [6.07, 6.45) is 1.02. The molecular formula is C15H20N2OS2. The Kier molecular flexibility index (Phi) is 5.88. The molecule has 1 atom stereocenters. The van der Waals surface area contributed by atoms with Crippen molar-refractivity contribution in [2.75, 3.05) is 12.4 Å². The van der Waals surface area contributed by atoms with Crippen LogP contribution in [-0.2, 0) is 0 Å². The maximum atomic E-state index is 6.22. The van der Waals surface area contributed by atoms with Gasteiger partial charge in [-0.3, -0.25) is 0 Å². The standard InChI is InChI=1S/C15H20N2OS2/c1-3-8-18-13-6-4-12(5-7-13)14(16)10-20-15-17-11(2)9-19-15/h4-7,9,14H,3,8,10,16H2,1-2H3. The number of benzene rings is 1. The molecule has 0 saturated carbocycles. The molecule has 2 rings (SSSR count). The third-order valence-corrected chi connectivity index (χ3v) is 5.02. The van der Waals surface area contributed by atoms with E-state index in [0.717, 1.165) is 40.1 Å². The van der Waals surface area contributed by atoms with E-state index in [9.17, 15) is 0 Å². The van der Waals surface area contributed by atoms with Gasteiger partial charge in [0.1, 0.15) is 10.1 Å². The second-order valence-electron chi connectivity index (χ2n) is 4.59. The Labute approximate surface area is 128 Å². The molecule has 0 fully saturated rings. The van der Waals surface area contributed by atoms with Gasteiger partial charge in [-0.05, 0) is 31.0 Å². The van der Waals surface area contributed by atoms with Gasteiger partial charge < -0.3 is 10.5 Å². The van der Waals surface area contributed by atoms with Crippen LogP contribution in [0.2, 0.25) is 0 Å². The molecule has 0 bridgehead atoms. The minimum Gasteiger partial charge on any atom is -0.494 e. The van der Waals surface area contributed by atoms with Gasteiger partial charge in [0.15, 0.2) is 0 Å². The molecular weight excluding hydrogens is 288 g/mol. The highest BCUT2D eigenvalue weighted by molar-refractivity contribution is 8.01. The summed E-state index contributed by atoms with van der Waals surface area (Å²) < 4.78 is 6.65.